The van der Waals surface area contributed by atoms with E-state index in [2.05, 4.69) is 10.9 Å². The highest BCUT2D eigenvalue weighted by atomic mass is 16.5. The summed E-state index contributed by atoms with van der Waals surface area (Å²) in [6, 6.07) is 15.9. The lowest BCUT2D eigenvalue weighted by Gasteiger charge is -2.13. The van der Waals surface area contributed by atoms with E-state index in [4.69, 9.17) is 9.47 Å². The first-order chi connectivity index (χ1) is 14.1. The van der Waals surface area contributed by atoms with Crippen LogP contribution in [0.2, 0.25) is 0 Å². The summed E-state index contributed by atoms with van der Waals surface area (Å²) in [7, 11) is 1.56. The molecular formula is C22H23N3O4. The number of nitrogens with zero attached hydrogens (tertiary/aromatic N) is 1. The van der Waals surface area contributed by atoms with Crippen molar-refractivity contribution in [1.29, 1.82) is 0 Å². The van der Waals surface area contributed by atoms with Crippen molar-refractivity contribution in [1.82, 2.24) is 15.4 Å². The van der Waals surface area contributed by atoms with Gasteiger partial charge in [-0.15, -0.1) is 0 Å². The maximum absolute atomic E-state index is 12.6. The molecule has 2 amide bonds. The van der Waals surface area contributed by atoms with E-state index in [1.807, 2.05) is 48.1 Å². The van der Waals surface area contributed by atoms with Gasteiger partial charge < -0.3 is 14.0 Å². The molecule has 0 spiro atoms. The van der Waals surface area contributed by atoms with Crippen LogP contribution in [0.5, 0.6) is 5.75 Å². The van der Waals surface area contributed by atoms with E-state index in [0.717, 1.165) is 5.56 Å². The van der Waals surface area contributed by atoms with Gasteiger partial charge in [-0.1, -0.05) is 12.1 Å². The SMILES string of the molecule is CCOCc1cc(C(=O)NNC(=O)c2ccccc2-n2cccc2)ccc1OC. The zero-order valence-corrected chi connectivity index (χ0v) is 16.3. The molecule has 150 valence electrons. The predicted octanol–water partition coefficient (Wildman–Crippen LogP) is 3.10. The third-order valence-electron chi connectivity index (χ3n) is 4.33. The van der Waals surface area contributed by atoms with Crippen LogP contribution in [-0.4, -0.2) is 30.1 Å². The second-order valence-electron chi connectivity index (χ2n) is 6.18. The minimum absolute atomic E-state index is 0.331. The molecule has 0 radical (unpaired) electrons. The Morgan fingerprint density at radius 3 is 2.41 bits per heavy atom. The van der Waals surface area contributed by atoms with Gasteiger partial charge in [-0.25, -0.2) is 0 Å². The average molecular weight is 393 g/mol. The average Bonchev–Trinajstić information content (AvgIpc) is 3.30. The van der Waals surface area contributed by atoms with Crippen LogP contribution in [0, 0.1) is 0 Å². The molecule has 1 aromatic heterocycles. The maximum Gasteiger partial charge on any atom is 0.271 e. The molecule has 7 heteroatoms. The minimum Gasteiger partial charge on any atom is -0.496 e. The quantitative estimate of drug-likeness (QED) is 0.605. The second-order valence-corrected chi connectivity index (χ2v) is 6.18. The monoisotopic (exact) mass is 393 g/mol. The van der Waals surface area contributed by atoms with Gasteiger partial charge in [0.25, 0.3) is 11.8 Å². The smallest absolute Gasteiger partial charge is 0.271 e. The number of para-hydroxylation sites is 1. The molecule has 29 heavy (non-hydrogen) atoms. The predicted molar refractivity (Wildman–Crippen MR) is 109 cm³/mol. The fraction of sp³-hybridized carbons (Fsp3) is 0.182. The van der Waals surface area contributed by atoms with E-state index in [-0.39, 0.29) is 0 Å². The molecule has 1 heterocycles. The number of aromatic nitrogens is 1. The molecule has 0 aliphatic carbocycles. The van der Waals surface area contributed by atoms with Gasteiger partial charge in [-0.2, -0.15) is 0 Å². The lowest BCUT2D eigenvalue weighted by Crippen LogP contribution is -2.42. The summed E-state index contributed by atoms with van der Waals surface area (Å²) in [4.78, 5) is 25.1. The zero-order valence-electron chi connectivity index (χ0n) is 16.3. The summed E-state index contributed by atoms with van der Waals surface area (Å²) in [5.41, 5.74) is 7.24. The van der Waals surface area contributed by atoms with Gasteiger partial charge in [0, 0.05) is 30.1 Å². The Labute approximate surface area is 169 Å². The summed E-state index contributed by atoms with van der Waals surface area (Å²) in [5.74, 6) is -0.206. The minimum atomic E-state index is -0.433. The number of rotatable bonds is 7. The van der Waals surface area contributed by atoms with Gasteiger partial charge in [-0.3, -0.25) is 20.4 Å². The van der Waals surface area contributed by atoms with Crippen LogP contribution in [0.15, 0.2) is 67.0 Å². The van der Waals surface area contributed by atoms with Crippen molar-refractivity contribution in [3.8, 4) is 11.4 Å². The Kier molecular flexibility index (Phi) is 6.65. The molecule has 0 saturated heterocycles. The van der Waals surface area contributed by atoms with Crippen LogP contribution in [0.1, 0.15) is 33.2 Å². The molecule has 0 unspecified atom stereocenters. The van der Waals surface area contributed by atoms with E-state index >= 15 is 0 Å². The van der Waals surface area contributed by atoms with Crippen molar-refractivity contribution in [3.63, 3.8) is 0 Å². The van der Waals surface area contributed by atoms with Gasteiger partial charge >= 0.3 is 0 Å². The highest BCUT2D eigenvalue weighted by Gasteiger charge is 2.15. The largest absolute Gasteiger partial charge is 0.496 e. The molecule has 0 aliphatic rings. The van der Waals surface area contributed by atoms with Gasteiger partial charge in [0.05, 0.1) is 25.0 Å². The Morgan fingerprint density at radius 2 is 1.69 bits per heavy atom. The number of hydrazine groups is 1. The molecule has 2 N–H and O–H groups in total. The lowest BCUT2D eigenvalue weighted by atomic mass is 10.1. The van der Waals surface area contributed by atoms with E-state index in [0.29, 0.717) is 35.8 Å². The number of hydrogen-bond acceptors (Lipinski definition) is 4. The lowest BCUT2D eigenvalue weighted by molar-refractivity contribution is 0.0846. The molecule has 3 aromatic rings. The van der Waals surface area contributed by atoms with Gasteiger partial charge in [0.1, 0.15) is 5.75 Å². The number of methoxy groups -OCH3 is 1. The van der Waals surface area contributed by atoms with Crippen LogP contribution in [-0.2, 0) is 11.3 Å². The Hall–Kier alpha value is -3.58. The molecule has 0 aliphatic heterocycles. The topological polar surface area (TPSA) is 81.6 Å². The van der Waals surface area contributed by atoms with Crippen LogP contribution in [0.25, 0.3) is 5.69 Å². The van der Waals surface area contributed by atoms with Gasteiger partial charge in [-0.05, 0) is 49.4 Å². The fourth-order valence-corrected chi connectivity index (χ4v) is 2.88. The van der Waals surface area contributed by atoms with Gasteiger partial charge in [0.2, 0.25) is 0 Å². The molecule has 3 rings (SSSR count). The van der Waals surface area contributed by atoms with Crippen LogP contribution >= 0.6 is 0 Å². The van der Waals surface area contributed by atoms with Crippen LogP contribution < -0.4 is 15.6 Å². The van der Waals surface area contributed by atoms with Crippen molar-refractivity contribution in [2.75, 3.05) is 13.7 Å². The molecule has 0 fully saturated rings. The maximum atomic E-state index is 12.6. The zero-order chi connectivity index (χ0) is 20.6. The molecule has 2 aromatic carbocycles. The van der Waals surface area contributed by atoms with Crippen molar-refractivity contribution in [3.05, 3.63) is 83.7 Å². The first kappa shape index (κ1) is 20.2. The normalized spacial score (nSPS) is 10.4. The third kappa shape index (κ3) is 4.83. The molecule has 0 bridgehead atoms. The number of benzene rings is 2. The summed E-state index contributed by atoms with van der Waals surface area (Å²) in [5, 5.41) is 0. The van der Waals surface area contributed by atoms with Crippen LogP contribution in [0.3, 0.4) is 0 Å². The van der Waals surface area contributed by atoms with E-state index in [9.17, 15) is 9.59 Å². The van der Waals surface area contributed by atoms with E-state index in [1.165, 1.54) is 0 Å². The Balaban J connectivity index is 1.71. The number of hydrogen-bond donors (Lipinski definition) is 2. The van der Waals surface area contributed by atoms with Crippen molar-refractivity contribution in [2.24, 2.45) is 0 Å². The first-order valence-corrected chi connectivity index (χ1v) is 9.21. The van der Waals surface area contributed by atoms with Crippen LogP contribution in [0.4, 0.5) is 0 Å². The highest BCUT2D eigenvalue weighted by molar-refractivity contribution is 6.01. The van der Waals surface area contributed by atoms with Crippen molar-refractivity contribution < 1.29 is 19.1 Å². The number of carbonyl (C=O) groups is 2. The number of carbonyl (C=O) groups excluding carboxylic acids is 2. The van der Waals surface area contributed by atoms with Gasteiger partial charge in [0.15, 0.2) is 0 Å². The Bertz CT molecular complexity index is 983. The molecule has 7 nitrogen and oxygen atoms in total. The third-order valence-corrected chi connectivity index (χ3v) is 4.33. The van der Waals surface area contributed by atoms with E-state index < -0.39 is 11.8 Å². The first-order valence-electron chi connectivity index (χ1n) is 9.21. The number of ether oxygens (including phenoxy) is 2. The summed E-state index contributed by atoms with van der Waals surface area (Å²) >= 11 is 0. The molecular weight excluding hydrogens is 370 g/mol. The number of nitrogens with one attached hydrogen (secondary N) is 2. The molecule has 0 atom stereocenters. The number of amides is 2. The Morgan fingerprint density at radius 1 is 0.966 bits per heavy atom. The summed E-state index contributed by atoms with van der Waals surface area (Å²) in [6.07, 6.45) is 3.70. The van der Waals surface area contributed by atoms with Crippen molar-refractivity contribution in [2.45, 2.75) is 13.5 Å². The van der Waals surface area contributed by atoms with Crippen molar-refractivity contribution >= 4 is 11.8 Å². The fourth-order valence-electron chi connectivity index (χ4n) is 2.88. The second kappa shape index (κ2) is 9.57. The van der Waals surface area contributed by atoms with E-state index in [1.54, 1.807) is 37.4 Å². The summed E-state index contributed by atoms with van der Waals surface area (Å²) < 4.78 is 12.5. The summed E-state index contributed by atoms with van der Waals surface area (Å²) in [6.45, 7) is 2.78. The standard InChI is InChI=1S/C22H23N3O4/c1-3-29-15-17-14-16(10-11-20(17)28-2)21(26)23-24-22(27)18-8-4-5-9-19(18)25-12-6-7-13-25/h4-14H,3,15H2,1-2H3,(H,23,26)(H,24,27). The molecule has 0 saturated carbocycles. The highest BCUT2D eigenvalue weighted by Crippen LogP contribution is 2.21.